The molecule has 0 saturated heterocycles. The number of carbonyl (C=O) groups is 2. The summed E-state index contributed by atoms with van der Waals surface area (Å²) in [7, 11) is 0. The molecule has 6 nitrogen and oxygen atoms in total. The quantitative estimate of drug-likeness (QED) is 0.222. The topological polar surface area (TPSA) is 102 Å². The monoisotopic (exact) mass is 310 g/mol. The summed E-state index contributed by atoms with van der Waals surface area (Å²) in [5.74, 6) is 1.15. The van der Waals surface area contributed by atoms with Crippen molar-refractivity contribution in [3.8, 4) is 12.3 Å². The molecule has 4 N–H and O–H groups in total. The van der Waals surface area contributed by atoms with Gasteiger partial charge in [0.25, 0.3) is 0 Å². The van der Waals surface area contributed by atoms with Crippen LogP contribution in [0.15, 0.2) is 0 Å². The molecule has 0 aromatic heterocycles. The summed E-state index contributed by atoms with van der Waals surface area (Å²) < 4.78 is 4.55. The molecule has 20 heavy (non-hydrogen) atoms. The van der Waals surface area contributed by atoms with E-state index >= 15 is 0 Å². The number of alkyl carbamates (subject to hydrolysis) is 1. The van der Waals surface area contributed by atoms with E-state index in [1.54, 1.807) is 0 Å². The maximum Gasteiger partial charge on any atom is 1.00 e. The number of nitrogens with one attached hydrogen (secondary N) is 1. The van der Waals surface area contributed by atoms with Crippen molar-refractivity contribution in [2.45, 2.75) is 38.6 Å². The van der Waals surface area contributed by atoms with Gasteiger partial charge in [0.1, 0.15) is 6.04 Å². The molecule has 0 aliphatic carbocycles. The Bertz CT molecular complexity index is 293. The van der Waals surface area contributed by atoms with Crippen LogP contribution in [-0.2, 0) is 9.53 Å². The third kappa shape index (κ3) is 20.2. The summed E-state index contributed by atoms with van der Waals surface area (Å²) in [6, 6.07) is -0.839. The Morgan fingerprint density at radius 2 is 2.05 bits per heavy atom. The van der Waals surface area contributed by atoms with E-state index in [0.717, 1.165) is 6.42 Å². The number of carboxylic acid groups (broad SMARTS) is 1. The number of hydrogen-bond acceptors (Lipinski definition) is 4. The van der Waals surface area contributed by atoms with Crippen molar-refractivity contribution in [3.05, 3.63) is 6.92 Å². The van der Waals surface area contributed by atoms with E-state index in [4.69, 9.17) is 17.3 Å². The SMILES string of the molecule is C#CCOC(=O)NCCCCC(N)C(=O)O.[CH2-]CC.[K+]. The fourth-order valence-electron chi connectivity index (χ4n) is 0.961. The summed E-state index contributed by atoms with van der Waals surface area (Å²) in [5.41, 5.74) is 5.29. The van der Waals surface area contributed by atoms with Crippen molar-refractivity contribution in [2.75, 3.05) is 13.2 Å². The zero-order chi connectivity index (χ0) is 15.1. The molecule has 0 heterocycles. The van der Waals surface area contributed by atoms with E-state index in [-0.39, 0.29) is 58.0 Å². The average Bonchev–Trinajstić information content (AvgIpc) is 2.36. The first kappa shape index (κ1) is 24.9. The summed E-state index contributed by atoms with van der Waals surface area (Å²) >= 11 is 0. The van der Waals surface area contributed by atoms with Gasteiger partial charge in [-0.25, -0.2) is 4.79 Å². The van der Waals surface area contributed by atoms with E-state index in [1.807, 2.05) is 6.92 Å². The van der Waals surface area contributed by atoms with Gasteiger partial charge in [-0.15, -0.1) is 6.42 Å². The van der Waals surface area contributed by atoms with Crippen molar-refractivity contribution < 1.29 is 70.8 Å². The van der Waals surface area contributed by atoms with Gasteiger partial charge in [0.15, 0.2) is 6.61 Å². The second-order valence-electron chi connectivity index (χ2n) is 3.65. The third-order valence-corrected chi connectivity index (χ3v) is 1.82. The fraction of sp³-hybridized carbons (Fsp3) is 0.615. The van der Waals surface area contributed by atoms with Crippen molar-refractivity contribution in [1.29, 1.82) is 0 Å². The molecule has 0 aliphatic heterocycles. The summed E-state index contributed by atoms with van der Waals surface area (Å²) in [4.78, 5) is 21.2. The molecule has 0 spiro atoms. The molecule has 0 aromatic rings. The number of unbranched alkanes of at least 4 members (excludes halogenated alkanes) is 1. The standard InChI is InChI=1S/C10H16N2O4.C3H7.K/c1-2-7-16-10(15)12-6-4-3-5-8(11)9(13)14;1-3-2;/h1,8H,3-7,11H2,(H,12,15)(H,13,14);1,3H2,2H3;/q;-1;+1. The van der Waals surface area contributed by atoms with Crippen molar-refractivity contribution in [2.24, 2.45) is 5.73 Å². The Labute approximate surface area is 163 Å². The van der Waals surface area contributed by atoms with Crippen LogP contribution in [0.5, 0.6) is 0 Å². The first-order chi connectivity index (χ1) is 8.99. The number of ether oxygens (including phenoxy) is 1. The molecule has 1 amide bonds. The summed E-state index contributed by atoms with van der Waals surface area (Å²) in [6.45, 7) is 5.85. The minimum atomic E-state index is -1.01. The smallest absolute Gasteiger partial charge is 0.480 e. The molecule has 0 bridgehead atoms. The van der Waals surface area contributed by atoms with Gasteiger partial charge in [0.2, 0.25) is 0 Å². The predicted molar refractivity (Wildman–Crippen MR) is 73.3 cm³/mol. The molecule has 0 aromatic carbocycles. The molecule has 0 aliphatic rings. The van der Waals surface area contributed by atoms with Crippen LogP contribution in [0.1, 0.15) is 32.6 Å². The molecular weight excluding hydrogens is 287 g/mol. The van der Waals surface area contributed by atoms with E-state index in [0.29, 0.717) is 25.8 Å². The van der Waals surface area contributed by atoms with Gasteiger partial charge in [-0.05, 0) is 19.3 Å². The van der Waals surface area contributed by atoms with Crippen LogP contribution in [0.2, 0.25) is 0 Å². The van der Waals surface area contributed by atoms with Crippen LogP contribution < -0.4 is 62.4 Å². The second-order valence-corrected chi connectivity index (χ2v) is 3.65. The van der Waals surface area contributed by atoms with Gasteiger partial charge >= 0.3 is 63.4 Å². The number of terminal acetylenes is 1. The van der Waals surface area contributed by atoms with E-state index in [9.17, 15) is 9.59 Å². The fourth-order valence-corrected chi connectivity index (χ4v) is 0.961. The molecule has 110 valence electrons. The zero-order valence-corrected chi connectivity index (χ0v) is 15.5. The number of rotatable bonds is 7. The van der Waals surface area contributed by atoms with Crippen LogP contribution in [0, 0.1) is 19.3 Å². The second kappa shape index (κ2) is 18.9. The Morgan fingerprint density at radius 3 is 2.50 bits per heavy atom. The van der Waals surface area contributed by atoms with Gasteiger partial charge in [0, 0.05) is 6.54 Å². The summed E-state index contributed by atoms with van der Waals surface area (Å²) in [6.07, 6.45) is 6.98. The van der Waals surface area contributed by atoms with Gasteiger partial charge in [-0.1, -0.05) is 12.8 Å². The third-order valence-electron chi connectivity index (χ3n) is 1.82. The Hall–Kier alpha value is -0.104. The first-order valence-corrected chi connectivity index (χ1v) is 6.11. The van der Waals surface area contributed by atoms with Gasteiger partial charge in [-0.3, -0.25) is 4.79 Å². The number of amides is 1. The number of aliphatic carboxylic acids is 1. The van der Waals surface area contributed by atoms with Crippen molar-refractivity contribution >= 4 is 12.1 Å². The Kier molecular flexibility index (Phi) is 23.5. The number of carbonyl (C=O) groups excluding carboxylic acids is 1. The van der Waals surface area contributed by atoms with Gasteiger partial charge < -0.3 is 27.8 Å². The normalized spacial score (nSPS) is 9.90. The first-order valence-electron chi connectivity index (χ1n) is 6.11. The van der Waals surface area contributed by atoms with E-state index in [1.165, 1.54) is 0 Å². The van der Waals surface area contributed by atoms with E-state index < -0.39 is 18.1 Å². The van der Waals surface area contributed by atoms with Crippen LogP contribution in [0.25, 0.3) is 0 Å². The van der Waals surface area contributed by atoms with Crippen LogP contribution in [-0.4, -0.2) is 36.4 Å². The van der Waals surface area contributed by atoms with Crippen LogP contribution >= 0.6 is 0 Å². The number of carboxylic acids is 1. The van der Waals surface area contributed by atoms with Crippen molar-refractivity contribution in [3.63, 3.8) is 0 Å². The molecule has 1 atom stereocenters. The molecule has 1 unspecified atom stereocenters. The molecule has 0 saturated carbocycles. The summed E-state index contributed by atoms with van der Waals surface area (Å²) in [5, 5.41) is 11.0. The maximum atomic E-state index is 10.9. The molecule has 0 rings (SSSR count). The Morgan fingerprint density at radius 1 is 1.50 bits per heavy atom. The van der Waals surface area contributed by atoms with Crippen molar-refractivity contribution in [1.82, 2.24) is 5.32 Å². The largest absolute Gasteiger partial charge is 1.00 e. The number of hydrogen-bond donors (Lipinski definition) is 3. The molecule has 7 heteroatoms. The van der Waals surface area contributed by atoms with E-state index in [2.05, 4.69) is 22.9 Å². The predicted octanol–water partition coefficient (Wildman–Crippen LogP) is -1.84. The van der Waals surface area contributed by atoms with Gasteiger partial charge in [-0.2, -0.15) is 6.42 Å². The molecule has 0 radical (unpaired) electrons. The minimum absolute atomic E-state index is 0. The minimum Gasteiger partial charge on any atom is -0.480 e. The van der Waals surface area contributed by atoms with Crippen LogP contribution in [0.4, 0.5) is 4.79 Å². The van der Waals surface area contributed by atoms with Gasteiger partial charge in [0.05, 0.1) is 0 Å². The average molecular weight is 310 g/mol. The molecular formula is C13H23KN2O4. The van der Waals surface area contributed by atoms with Crippen LogP contribution in [0.3, 0.4) is 0 Å². The number of nitrogens with two attached hydrogens (primary N) is 1. The Balaban J connectivity index is -0.000000657. The zero-order valence-electron chi connectivity index (χ0n) is 12.4. The maximum absolute atomic E-state index is 10.9. The molecule has 0 fully saturated rings.